The lowest BCUT2D eigenvalue weighted by Gasteiger charge is -2.30. The normalized spacial score (nSPS) is 29.6. The molecular weight excluding hydrogens is 276 g/mol. The lowest BCUT2D eigenvalue weighted by Crippen LogP contribution is -2.44. The van der Waals surface area contributed by atoms with Crippen LogP contribution in [-0.4, -0.2) is 42.3 Å². The first-order valence-corrected chi connectivity index (χ1v) is 9.05. The molecular formula is C18H34N2O2. The van der Waals surface area contributed by atoms with Crippen LogP contribution in [0.3, 0.4) is 0 Å². The summed E-state index contributed by atoms with van der Waals surface area (Å²) in [5, 5.41) is 3.61. The number of amides is 1. The number of hydrogen-bond acceptors (Lipinski definition) is 3. The SMILES string of the molecule is CC1CCC(CNCC2CCCN2C(=O)OC(C)(C)C)CC1. The summed E-state index contributed by atoms with van der Waals surface area (Å²) in [4.78, 5) is 14.2. The predicted molar refractivity (Wildman–Crippen MR) is 90.0 cm³/mol. The van der Waals surface area contributed by atoms with Crippen LogP contribution >= 0.6 is 0 Å². The van der Waals surface area contributed by atoms with Gasteiger partial charge in [-0.05, 0) is 64.8 Å². The molecule has 1 saturated carbocycles. The molecule has 2 fully saturated rings. The average molecular weight is 310 g/mol. The molecule has 0 spiro atoms. The molecule has 2 rings (SSSR count). The lowest BCUT2D eigenvalue weighted by molar-refractivity contribution is 0.0226. The van der Waals surface area contributed by atoms with Gasteiger partial charge in [-0.3, -0.25) is 0 Å². The summed E-state index contributed by atoms with van der Waals surface area (Å²) in [5.74, 6) is 1.74. The molecule has 0 bridgehead atoms. The molecule has 1 atom stereocenters. The number of hydrogen-bond donors (Lipinski definition) is 1. The highest BCUT2D eigenvalue weighted by molar-refractivity contribution is 5.69. The van der Waals surface area contributed by atoms with Crippen LogP contribution < -0.4 is 5.32 Å². The third kappa shape index (κ3) is 5.45. The minimum Gasteiger partial charge on any atom is -0.444 e. The molecule has 1 amide bonds. The molecule has 0 radical (unpaired) electrons. The Morgan fingerprint density at radius 3 is 2.45 bits per heavy atom. The van der Waals surface area contributed by atoms with Crippen LogP contribution in [0.2, 0.25) is 0 Å². The van der Waals surface area contributed by atoms with Gasteiger partial charge in [0.1, 0.15) is 5.60 Å². The molecule has 1 aliphatic carbocycles. The Labute approximate surface area is 136 Å². The summed E-state index contributed by atoms with van der Waals surface area (Å²) in [7, 11) is 0. The maximum atomic E-state index is 12.2. The van der Waals surface area contributed by atoms with Crippen molar-refractivity contribution in [3.05, 3.63) is 0 Å². The minimum atomic E-state index is -0.406. The standard InChI is InChI=1S/C18H34N2O2/c1-14-7-9-15(10-8-14)12-19-13-16-6-5-11-20(16)17(21)22-18(2,3)4/h14-16,19H,5-13H2,1-4H3. The molecule has 1 unspecified atom stereocenters. The highest BCUT2D eigenvalue weighted by Crippen LogP contribution is 2.28. The van der Waals surface area contributed by atoms with E-state index >= 15 is 0 Å². The Morgan fingerprint density at radius 2 is 1.82 bits per heavy atom. The largest absolute Gasteiger partial charge is 0.444 e. The first kappa shape index (κ1) is 17.6. The monoisotopic (exact) mass is 310 g/mol. The molecule has 0 aromatic heterocycles. The molecule has 1 aliphatic heterocycles. The number of carbonyl (C=O) groups is 1. The van der Waals surface area contributed by atoms with Gasteiger partial charge in [-0.25, -0.2) is 4.79 Å². The summed E-state index contributed by atoms with van der Waals surface area (Å²) < 4.78 is 5.52. The van der Waals surface area contributed by atoms with E-state index in [0.29, 0.717) is 6.04 Å². The summed E-state index contributed by atoms with van der Waals surface area (Å²) in [6.45, 7) is 11.0. The maximum absolute atomic E-state index is 12.2. The van der Waals surface area contributed by atoms with E-state index in [1.54, 1.807) is 0 Å². The van der Waals surface area contributed by atoms with Gasteiger partial charge in [0.15, 0.2) is 0 Å². The average Bonchev–Trinajstić information content (AvgIpc) is 2.88. The van der Waals surface area contributed by atoms with Gasteiger partial charge in [0.2, 0.25) is 0 Å². The molecule has 22 heavy (non-hydrogen) atoms. The first-order valence-electron chi connectivity index (χ1n) is 9.05. The second-order valence-corrected chi connectivity index (χ2v) is 8.25. The smallest absolute Gasteiger partial charge is 0.410 e. The van der Waals surface area contributed by atoms with Gasteiger partial charge in [-0.15, -0.1) is 0 Å². The fourth-order valence-electron chi connectivity index (χ4n) is 3.60. The summed E-state index contributed by atoms with van der Waals surface area (Å²) in [5.41, 5.74) is -0.406. The Bertz CT molecular complexity index is 357. The number of ether oxygens (including phenoxy) is 1. The molecule has 0 aromatic carbocycles. The van der Waals surface area contributed by atoms with E-state index in [1.807, 2.05) is 25.7 Å². The van der Waals surface area contributed by atoms with Crippen LogP contribution in [0.25, 0.3) is 0 Å². The highest BCUT2D eigenvalue weighted by Gasteiger charge is 2.32. The zero-order chi connectivity index (χ0) is 16.2. The summed E-state index contributed by atoms with van der Waals surface area (Å²) in [6, 6.07) is 0.303. The second kappa shape index (κ2) is 7.67. The van der Waals surface area contributed by atoms with E-state index in [4.69, 9.17) is 4.74 Å². The minimum absolute atomic E-state index is 0.150. The van der Waals surface area contributed by atoms with Gasteiger partial charge in [-0.1, -0.05) is 19.8 Å². The van der Waals surface area contributed by atoms with E-state index in [-0.39, 0.29) is 6.09 Å². The van der Waals surface area contributed by atoms with Crippen molar-refractivity contribution in [2.75, 3.05) is 19.6 Å². The van der Waals surface area contributed by atoms with Crippen LogP contribution in [0.5, 0.6) is 0 Å². The number of nitrogens with one attached hydrogen (secondary N) is 1. The van der Waals surface area contributed by atoms with Gasteiger partial charge < -0.3 is 15.0 Å². The number of nitrogens with zero attached hydrogens (tertiary/aromatic N) is 1. The Morgan fingerprint density at radius 1 is 1.14 bits per heavy atom. The molecule has 4 nitrogen and oxygen atoms in total. The zero-order valence-corrected chi connectivity index (χ0v) is 14.9. The Balaban J connectivity index is 1.71. The predicted octanol–water partition coefficient (Wildman–Crippen LogP) is 3.80. The van der Waals surface area contributed by atoms with Crippen molar-refractivity contribution in [3.8, 4) is 0 Å². The van der Waals surface area contributed by atoms with Crippen LogP contribution in [0, 0.1) is 11.8 Å². The molecule has 4 heteroatoms. The van der Waals surface area contributed by atoms with E-state index in [1.165, 1.54) is 25.7 Å². The highest BCUT2D eigenvalue weighted by atomic mass is 16.6. The molecule has 1 N–H and O–H groups in total. The van der Waals surface area contributed by atoms with E-state index < -0.39 is 5.60 Å². The Hall–Kier alpha value is -0.770. The van der Waals surface area contributed by atoms with Crippen LogP contribution in [-0.2, 0) is 4.74 Å². The van der Waals surface area contributed by atoms with Crippen molar-refractivity contribution in [2.45, 2.75) is 77.9 Å². The fourth-order valence-corrected chi connectivity index (χ4v) is 3.60. The molecule has 0 aromatic rings. The van der Waals surface area contributed by atoms with E-state index in [2.05, 4.69) is 12.2 Å². The van der Waals surface area contributed by atoms with E-state index in [0.717, 1.165) is 44.3 Å². The molecule has 2 aliphatic rings. The van der Waals surface area contributed by atoms with Crippen molar-refractivity contribution in [1.29, 1.82) is 0 Å². The van der Waals surface area contributed by atoms with E-state index in [9.17, 15) is 4.79 Å². The van der Waals surface area contributed by atoms with Crippen molar-refractivity contribution >= 4 is 6.09 Å². The second-order valence-electron chi connectivity index (χ2n) is 8.25. The lowest BCUT2D eigenvalue weighted by atomic mass is 9.83. The molecule has 1 saturated heterocycles. The van der Waals surface area contributed by atoms with Crippen molar-refractivity contribution in [3.63, 3.8) is 0 Å². The third-order valence-corrected chi connectivity index (χ3v) is 4.95. The summed E-state index contributed by atoms with van der Waals surface area (Å²) >= 11 is 0. The van der Waals surface area contributed by atoms with Crippen LogP contribution in [0.1, 0.15) is 66.2 Å². The number of rotatable bonds is 4. The topological polar surface area (TPSA) is 41.6 Å². The maximum Gasteiger partial charge on any atom is 0.410 e. The fraction of sp³-hybridized carbons (Fsp3) is 0.944. The third-order valence-electron chi connectivity index (χ3n) is 4.95. The van der Waals surface area contributed by atoms with Gasteiger partial charge in [0.05, 0.1) is 0 Å². The Kier molecular flexibility index (Phi) is 6.13. The van der Waals surface area contributed by atoms with Gasteiger partial charge in [0, 0.05) is 19.1 Å². The molecule has 128 valence electrons. The van der Waals surface area contributed by atoms with Crippen molar-refractivity contribution in [1.82, 2.24) is 10.2 Å². The molecule has 1 heterocycles. The quantitative estimate of drug-likeness (QED) is 0.858. The van der Waals surface area contributed by atoms with Crippen LogP contribution in [0.4, 0.5) is 4.79 Å². The van der Waals surface area contributed by atoms with Gasteiger partial charge in [-0.2, -0.15) is 0 Å². The number of carbonyl (C=O) groups excluding carboxylic acids is 1. The van der Waals surface area contributed by atoms with Crippen molar-refractivity contribution in [2.24, 2.45) is 11.8 Å². The van der Waals surface area contributed by atoms with Gasteiger partial charge >= 0.3 is 6.09 Å². The van der Waals surface area contributed by atoms with Gasteiger partial charge in [0.25, 0.3) is 0 Å². The first-order chi connectivity index (χ1) is 10.3. The number of likely N-dealkylation sites (tertiary alicyclic amines) is 1. The van der Waals surface area contributed by atoms with Crippen LogP contribution in [0.15, 0.2) is 0 Å². The zero-order valence-electron chi connectivity index (χ0n) is 14.9. The summed E-state index contributed by atoms with van der Waals surface area (Å²) in [6.07, 6.45) is 7.49. The van der Waals surface area contributed by atoms with Crippen molar-refractivity contribution < 1.29 is 9.53 Å².